The average Bonchev–Trinajstić information content (AvgIpc) is 2.30. The first-order valence-electron chi connectivity index (χ1n) is 5.39. The third-order valence-corrected chi connectivity index (χ3v) is 2.68. The molecule has 0 bridgehead atoms. The topological polar surface area (TPSA) is 58.2 Å². The number of aryl methyl sites for hydroxylation is 1. The molecule has 1 aromatic rings. The molecule has 2 N–H and O–H groups in total. The number of benzene rings is 1. The summed E-state index contributed by atoms with van der Waals surface area (Å²) >= 11 is 3.98. The minimum atomic E-state index is -0.741. The fraction of sp³-hybridized carbons (Fsp3) is 0.333. The summed E-state index contributed by atoms with van der Waals surface area (Å²) in [5.41, 5.74) is 0.848. The second-order valence-electron chi connectivity index (χ2n) is 3.89. The van der Waals surface area contributed by atoms with E-state index < -0.39 is 17.8 Å². The van der Waals surface area contributed by atoms with Gasteiger partial charge in [0.05, 0.1) is 0 Å². The predicted octanol–water partition coefficient (Wildman–Crippen LogP) is 1.51. The molecule has 1 atom stereocenters. The van der Waals surface area contributed by atoms with E-state index in [-0.39, 0.29) is 11.7 Å². The predicted molar refractivity (Wildman–Crippen MR) is 71.2 cm³/mol. The van der Waals surface area contributed by atoms with Gasteiger partial charge in [-0.2, -0.15) is 12.6 Å². The Morgan fingerprint density at radius 1 is 1.44 bits per heavy atom. The first-order valence-corrected chi connectivity index (χ1v) is 6.02. The molecule has 0 aromatic heterocycles. The largest absolute Gasteiger partial charge is 0.344 e. The molecule has 6 heteroatoms. The SMILES string of the molecule is CC(=O)NC(CS)C(=O)Nc1ccc(C)c(F)c1. The van der Waals surface area contributed by atoms with E-state index >= 15 is 0 Å². The fourth-order valence-corrected chi connectivity index (χ4v) is 1.60. The normalized spacial score (nSPS) is 11.8. The number of anilines is 1. The zero-order valence-electron chi connectivity index (χ0n) is 10.2. The van der Waals surface area contributed by atoms with Crippen molar-refractivity contribution in [3.8, 4) is 0 Å². The van der Waals surface area contributed by atoms with Crippen molar-refractivity contribution in [1.29, 1.82) is 0 Å². The van der Waals surface area contributed by atoms with Gasteiger partial charge in [0, 0.05) is 18.4 Å². The molecule has 2 amide bonds. The Morgan fingerprint density at radius 3 is 2.61 bits per heavy atom. The molecule has 0 aliphatic heterocycles. The highest BCUT2D eigenvalue weighted by Gasteiger charge is 2.17. The number of carbonyl (C=O) groups excluding carboxylic acids is 2. The van der Waals surface area contributed by atoms with Crippen molar-refractivity contribution in [3.63, 3.8) is 0 Å². The zero-order valence-corrected chi connectivity index (χ0v) is 11.1. The van der Waals surface area contributed by atoms with Crippen LogP contribution in [0, 0.1) is 12.7 Å². The maximum atomic E-state index is 13.3. The van der Waals surface area contributed by atoms with Gasteiger partial charge in [0.1, 0.15) is 11.9 Å². The van der Waals surface area contributed by atoms with Gasteiger partial charge in [0.15, 0.2) is 0 Å². The Bertz CT molecular complexity index is 465. The summed E-state index contributed by atoms with van der Waals surface area (Å²) in [4.78, 5) is 22.7. The first kappa shape index (κ1) is 14.5. The fourth-order valence-electron chi connectivity index (χ4n) is 1.34. The molecule has 0 fully saturated rings. The summed E-state index contributed by atoms with van der Waals surface area (Å²) < 4.78 is 13.3. The van der Waals surface area contributed by atoms with Crippen LogP contribution < -0.4 is 10.6 Å². The summed E-state index contributed by atoms with van der Waals surface area (Å²) in [7, 11) is 0. The lowest BCUT2D eigenvalue weighted by molar-refractivity contribution is -0.124. The number of rotatable bonds is 4. The summed E-state index contributed by atoms with van der Waals surface area (Å²) in [6.07, 6.45) is 0. The lowest BCUT2D eigenvalue weighted by atomic mass is 10.2. The minimum absolute atomic E-state index is 0.166. The molecule has 0 saturated carbocycles. The quantitative estimate of drug-likeness (QED) is 0.726. The van der Waals surface area contributed by atoms with Crippen molar-refractivity contribution in [1.82, 2.24) is 5.32 Å². The van der Waals surface area contributed by atoms with Crippen LogP contribution >= 0.6 is 12.6 Å². The molecular formula is C12H15FN2O2S. The van der Waals surface area contributed by atoms with Crippen LogP contribution in [-0.2, 0) is 9.59 Å². The maximum absolute atomic E-state index is 13.3. The molecule has 0 saturated heterocycles. The number of halogens is 1. The molecule has 1 aromatic carbocycles. The van der Waals surface area contributed by atoms with Crippen LogP contribution in [0.4, 0.5) is 10.1 Å². The maximum Gasteiger partial charge on any atom is 0.247 e. The Hall–Kier alpha value is -1.56. The van der Waals surface area contributed by atoms with E-state index in [0.717, 1.165) is 0 Å². The zero-order chi connectivity index (χ0) is 13.7. The van der Waals surface area contributed by atoms with Crippen LogP contribution in [0.3, 0.4) is 0 Å². The van der Waals surface area contributed by atoms with E-state index in [0.29, 0.717) is 11.3 Å². The van der Waals surface area contributed by atoms with Crippen LogP contribution in [0.1, 0.15) is 12.5 Å². The number of nitrogens with one attached hydrogen (secondary N) is 2. The molecule has 0 aliphatic carbocycles. The highest BCUT2D eigenvalue weighted by atomic mass is 32.1. The van der Waals surface area contributed by atoms with E-state index in [9.17, 15) is 14.0 Å². The number of thiol groups is 1. The van der Waals surface area contributed by atoms with Crippen molar-refractivity contribution in [2.75, 3.05) is 11.1 Å². The van der Waals surface area contributed by atoms with Gasteiger partial charge in [0.2, 0.25) is 11.8 Å². The van der Waals surface area contributed by atoms with Gasteiger partial charge in [-0.15, -0.1) is 0 Å². The van der Waals surface area contributed by atoms with Gasteiger partial charge in [-0.25, -0.2) is 4.39 Å². The lowest BCUT2D eigenvalue weighted by Gasteiger charge is -2.15. The van der Waals surface area contributed by atoms with Gasteiger partial charge in [-0.1, -0.05) is 6.07 Å². The van der Waals surface area contributed by atoms with Crippen LogP contribution in [0.15, 0.2) is 18.2 Å². The molecule has 0 spiro atoms. The highest BCUT2D eigenvalue weighted by Crippen LogP contribution is 2.13. The third-order valence-electron chi connectivity index (χ3n) is 2.32. The van der Waals surface area contributed by atoms with E-state index in [1.165, 1.54) is 13.0 Å². The van der Waals surface area contributed by atoms with Crippen molar-refractivity contribution in [3.05, 3.63) is 29.6 Å². The third kappa shape index (κ3) is 4.03. The average molecular weight is 270 g/mol. The molecule has 0 radical (unpaired) electrons. The molecule has 0 aliphatic rings. The van der Waals surface area contributed by atoms with E-state index in [4.69, 9.17) is 0 Å². The van der Waals surface area contributed by atoms with Gasteiger partial charge in [-0.05, 0) is 24.6 Å². The Kier molecular flexibility index (Phi) is 5.15. The van der Waals surface area contributed by atoms with Crippen molar-refractivity contribution in [2.24, 2.45) is 0 Å². The molecule has 1 rings (SSSR count). The summed E-state index contributed by atoms with van der Waals surface area (Å²) in [6, 6.07) is 3.66. The molecule has 18 heavy (non-hydrogen) atoms. The second-order valence-corrected chi connectivity index (χ2v) is 4.25. The molecule has 98 valence electrons. The van der Waals surface area contributed by atoms with Crippen molar-refractivity contribution in [2.45, 2.75) is 19.9 Å². The number of carbonyl (C=O) groups is 2. The van der Waals surface area contributed by atoms with Gasteiger partial charge >= 0.3 is 0 Å². The lowest BCUT2D eigenvalue weighted by Crippen LogP contribution is -2.44. The van der Waals surface area contributed by atoms with Gasteiger partial charge in [-0.3, -0.25) is 9.59 Å². The number of hydrogen-bond donors (Lipinski definition) is 3. The van der Waals surface area contributed by atoms with Crippen molar-refractivity contribution >= 4 is 30.1 Å². The number of hydrogen-bond acceptors (Lipinski definition) is 3. The van der Waals surface area contributed by atoms with Crippen molar-refractivity contribution < 1.29 is 14.0 Å². The van der Waals surface area contributed by atoms with Crippen LogP contribution in [0.2, 0.25) is 0 Å². The van der Waals surface area contributed by atoms with Crippen LogP contribution in [-0.4, -0.2) is 23.6 Å². The minimum Gasteiger partial charge on any atom is -0.344 e. The Labute approximate surface area is 110 Å². The summed E-state index contributed by atoms with van der Waals surface area (Å²) in [5, 5.41) is 4.98. The molecule has 1 unspecified atom stereocenters. The molecular weight excluding hydrogens is 255 g/mol. The van der Waals surface area contributed by atoms with Crippen LogP contribution in [0.5, 0.6) is 0 Å². The van der Waals surface area contributed by atoms with E-state index in [1.54, 1.807) is 19.1 Å². The monoisotopic (exact) mass is 270 g/mol. The van der Waals surface area contributed by atoms with Gasteiger partial charge in [0.25, 0.3) is 0 Å². The van der Waals surface area contributed by atoms with E-state index in [2.05, 4.69) is 23.3 Å². The first-order chi connectivity index (χ1) is 8.43. The Balaban J connectivity index is 2.73. The summed E-state index contributed by atoms with van der Waals surface area (Å²) in [6.45, 7) is 2.95. The smallest absolute Gasteiger partial charge is 0.247 e. The van der Waals surface area contributed by atoms with E-state index in [1.807, 2.05) is 0 Å². The van der Waals surface area contributed by atoms with Gasteiger partial charge < -0.3 is 10.6 Å². The summed E-state index contributed by atoms with van der Waals surface area (Å²) in [5.74, 6) is -0.975. The standard InChI is InChI=1S/C12H15FN2O2S/c1-7-3-4-9(5-10(7)13)15-12(17)11(6-18)14-8(2)16/h3-5,11,18H,6H2,1-2H3,(H,14,16)(H,15,17). The Morgan fingerprint density at radius 2 is 2.11 bits per heavy atom. The second kappa shape index (κ2) is 6.39. The molecule has 4 nitrogen and oxygen atoms in total. The highest BCUT2D eigenvalue weighted by molar-refractivity contribution is 7.80. The number of amides is 2. The van der Waals surface area contributed by atoms with Crippen LogP contribution in [0.25, 0.3) is 0 Å². The molecule has 0 heterocycles.